The maximum atomic E-state index is 13.7. The van der Waals surface area contributed by atoms with E-state index in [2.05, 4.69) is 0 Å². The number of aryl methyl sites for hydroxylation is 2. The van der Waals surface area contributed by atoms with Gasteiger partial charge in [-0.05, 0) is 31.5 Å². The fraction of sp³-hybridized carbons (Fsp3) is 0.188. The molecular formula is C16H13ClF2O. The third-order valence-corrected chi connectivity index (χ3v) is 3.25. The van der Waals surface area contributed by atoms with Crippen molar-refractivity contribution in [1.82, 2.24) is 0 Å². The van der Waals surface area contributed by atoms with Crippen molar-refractivity contribution in [2.45, 2.75) is 20.3 Å². The van der Waals surface area contributed by atoms with Crippen LogP contribution in [0.25, 0.3) is 0 Å². The van der Waals surface area contributed by atoms with Crippen LogP contribution in [0.4, 0.5) is 8.78 Å². The molecule has 2 aromatic rings. The molecule has 0 aliphatic rings. The van der Waals surface area contributed by atoms with Gasteiger partial charge in [-0.15, -0.1) is 0 Å². The molecule has 1 nitrogen and oxygen atoms in total. The van der Waals surface area contributed by atoms with Gasteiger partial charge in [-0.3, -0.25) is 4.79 Å². The van der Waals surface area contributed by atoms with E-state index in [0.29, 0.717) is 0 Å². The normalized spacial score (nSPS) is 10.7. The second-order valence-corrected chi connectivity index (χ2v) is 5.25. The fourth-order valence-corrected chi connectivity index (χ4v) is 2.34. The standard InChI is InChI=1S/C16H13ClF2O/c1-9-3-10(2)5-11(4-9)6-16(20)12-7-15(19)13(17)8-14(12)18/h3-5,7-8H,6H2,1-2H3. The van der Waals surface area contributed by atoms with Gasteiger partial charge in [0, 0.05) is 6.42 Å². The number of hydrogen-bond donors (Lipinski definition) is 0. The van der Waals surface area contributed by atoms with Gasteiger partial charge in [0.05, 0.1) is 10.6 Å². The van der Waals surface area contributed by atoms with Gasteiger partial charge < -0.3 is 0 Å². The SMILES string of the molecule is Cc1cc(C)cc(CC(=O)c2cc(F)c(Cl)cc2F)c1. The van der Waals surface area contributed by atoms with E-state index in [-0.39, 0.29) is 17.0 Å². The summed E-state index contributed by atoms with van der Waals surface area (Å²) in [6.45, 7) is 3.84. The van der Waals surface area contributed by atoms with Crippen LogP contribution in [0.5, 0.6) is 0 Å². The summed E-state index contributed by atoms with van der Waals surface area (Å²) >= 11 is 5.47. The molecule has 0 bridgehead atoms. The highest BCUT2D eigenvalue weighted by molar-refractivity contribution is 6.30. The number of ketones is 1. The Bertz CT molecular complexity index is 660. The molecule has 0 aliphatic carbocycles. The quantitative estimate of drug-likeness (QED) is 0.594. The maximum Gasteiger partial charge on any atom is 0.170 e. The number of rotatable bonds is 3. The van der Waals surface area contributed by atoms with Crippen molar-refractivity contribution in [1.29, 1.82) is 0 Å². The minimum atomic E-state index is -0.800. The van der Waals surface area contributed by atoms with Crippen molar-refractivity contribution >= 4 is 17.4 Å². The van der Waals surface area contributed by atoms with Gasteiger partial charge in [-0.25, -0.2) is 8.78 Å². The van der Waals surface area contributed by atoms with Crippen molar-refractivity contribution in [2.24, 2.45) is 0 Å². The monoisotopic (exact) mass is 294 g/mol. The van der Waals surface area contributed by atoms with Crippen LogP contribution >= 0.6 is 11.6 Å². The van der Waals surface area contributed by atoms with E-state index in [4.69, 9.17) is 11.6 Å². The Morgan fingerprint density at radius 2 is 1.60 bits per heavy atom. The zero-order chi connectivity index (χ0) is 14.9. The average Bonchev–Trinajstić information content (AvgIpc) is 2.32. The lowest BCUT2D eigenvalue weighted by Crippen LogP contribution is -2.07. The number of Topliss-reactive ketones (excluding diaryl/α,β-unsaturated/α-hetero) is 1. The van der Waals surface area contributed by atoms with Crippen LogP contribution in [-0.4, -0.2) is 5.78 Å². The lowest BCUT2D eigenvalue weighted by molar-refractivity contribution is 0.0988. The molecule has 0 radical (unpaired) electrons. The smallest absolute Gasteiger partial charge is 0.170 e. The summed E-state index contributed by atoms with van der Waals surface area (Å²) in [6.07, 6.45) is 0.0283. The molecule has 104 valence electrons. The summed E-state index contributed by atoms with van der Waals surface area (Å²) < 4.78 is 27.0. The van der Waals surface area contributed by atoms with Gasteiger partial charge in [0.1, 0.15) is 11.6 Å². The molecule has 4 heteroatoms. The number of hydrogen-bond acceptors (Lipinski definition) is 1. The number of benzene rings is 2. The van der Waals surface area contributed by atoms with Crippen LogP contribution in [0.3, 0.4) is 0 Å². The molecule has 0 N–H and O–H groups in total. The van der Waals surface area contributed by atoms with Crippen molar-refractivity contribution < 1.29 is 13.6 Å². The predicted octanol–water partition coefficient (Wildman–Crippen LogP) is 4.66. The van der Waals surface area contributed by atoms with Gasteiger partial charge in [0.25, 0.3) is 0 Å². The third kappa shape index (κ3) is 3.23. The summed E-state index contributed by atoms with van der Waals surface area (Å²) in [5, 5.41) is -0.328. The molecule has 0 aliphatic heterocycles. The number of carbonyl (C=O) groups is 1. The Labute approximate surface area is 121 Å². The highest BCUT2D eigenvalue weighted by Crippen LogP contribution is 2.21. The molecule has 0 unspecified atom stereocenters. The van der Waals surface area contributed by atoms with Crippen LogP contribution in [0, 0.1) is 25.5 Å². The minimum absolute atomic E-state index is 0.0283. The average molecular weight is 295 g/mol. The molecule has 20 heavy (non-hydrogen) atoms. The van der Waals surface area contributed by atoms with Crippen molar-refractivity contribution in [3.8, 4) is 0 Å². The van der Waals surface area contributed by atoms with Crippen LogP contribution in [0.2, 0.25) is 5.02 Å². The first-order valence-corrected chi connectivity index (χ1v) is 6.49. The molecule has 0 heterocycles. The molecule has 0 saturated carbocycles. The third-order valence-electron chi connectivity index (χ3n) is 2.96. The van der Waals surface area contributed by atoms with Crippen molar-refractivity contribution in [3.63, 3.8) is 0 Å². The first-order valence-electron chi connectivity index (χ1n) is 6.11. The number of carbonyl (C=O) groups excluding carboxylic acids is 1. The molecule has 0 fully saturated rings. The predicted molar refractivity (Wildman–Crippen MR) is 75.3 cm³/mol. The Morgan fingerprint density at radius 3 is 2.20 bits per heavy atom. The van der Waals surface area contributed by atoms with E-state index >= 15 is 0 Å². The number of halogens is 3. The van der Waals surface area contributed by atoms with Crippen LogP contribution in [0.15, 0.2) is 30.3 Å². The van der Waals surface area contributed by atoms with E-state index in [0.717, 1.165) is 28.8 Å². The van der Waals surface area contributed by atoms with Crippen LogP contribution in [0.1, 0.15) is 27.0 Å². The highest BCUT2D eigenvalue weighted by atomic mass is 35.5. The Hall–Kier alpha value is -1.74. The molecule has 2 rings (SSSR count). The largest absolute Gasteiger partial charge is 0.294 e. The Morgan fingerprint density at radius 1 is 1.00 bits per heavy atom. The van der Waals surface area contributed by atoms with E-state index in [1.165, 1.54) is 0 Å². The molecule has 2 aromatic carbocycles. The summed E-state index contributed by atoms with van der Waals surface area (Å²) in [7, 11) is 0. The zero-order valence-corrected chi connectivity index (χ0v) is 11.9. The second kappa shape index (κ2) is 5.71. The van der Waals surface area contributed by atoms with E-state index in [1.54, 1.807) is 0 Å². The summed E-state index contributed by atoms with van der Waals surface area (Å²) in [5.41, 5.74) is 2.56. The topological polar surface area (TPSA) is 17.1 Å². The molecule has 0 atom stereocenters. The van der Waals surface area contributed by atoms with Gasteiger partial charge in [-0.2, -0.15) is 0 Å². The molecule has 0 saturated heterocycles. The van der Waals surface area contributed by atoms with Crippen molar-refractivity contribution in [3.05, 3.63) is 69.2 Å². The molecule has 0 aromatic heterocycles. The lowest BCUT2D eigenvalue weighted by Gasteiger charge is -2.06. The second-order valence-electron chi connectivity index (χ2n) is 4.84. The van der Waals surface area contributed by atoms with Gasteiger partial charge >= 0.3 is 0 Å². The molecule has 0 spiro atoms. The Balaban J connectivity index is 2.30. The first kappa shape index (κ1) is 14.7. The lowest BCUT2D eigenvalue weighted by atomic mass is 9.99. The van der Waals surface area contributed by atoms with Gasteiger partial charge in [0.2, 0.25) is 0 Å². The van der Waals surface area contributed by atoms with E-state index in [9.17, 15) is 13.6 Å². The summed E-state index contributed by atoms with van der Waals surface area (Å²) in [4.78, 5) is 12.1. The first-order chi connectivity index (χ1) is 9.36. The molecular weight excluding hydrogens is 282 g/mol. The zero-order valence-electron chi connectivity index (χ0n) is 11.1. The van der Waals surface area contributed by atoms with Gasteiger partial charge in [0.15, 0.2) is 5.78 Å². The van der Waals surface area contributed by atoms with Crippen LogP contribution < -0.4 is 0 Å². The van der Waals surface area contributed by atoms with Crippen molar-refractivity contribution in [2.75, 3.05) is 0 Å². The summed E-state index contributed by atoms with van der Waals surface area (Å²) in [5.74, 6) is -2.06. The minimum Gasteiger partial charge on any atom is -0.294 e. The highest BCUT2D eigenvalue weighted by Gasteiger charge is 2.16. The Kier molecular flexibility index (Phi) is 4.19. The molecule has 0 amide bonds. The van der Waals surface area contributed by atoms with Crippen LogP contribution in [-0.2, 0) is 6.42 Å². The summed E-state index contributed by atoms with van der Waals surface area (Å²) in [6, 6.07) is 7.37. The van der Waals surface area contributed by atoms with E-state index < -0.39 is 17.4 Å². The van der Waals surface area contributed by atoms with Gasteiger partial charge in [-0.1, -0.05) is 40.9 Å². The maximum absolute atomic E-state index is 13.7. The van der Waals surface area contributed by atoms with E-state index in [1.807, 2.05) is 32.0 Å². The fourth-order valence-electron chi connectivity index (χ4n) is 2.19.